The summed E-state index contributed by atoms with van der Waals surface area (Å²) in [6.45, 7) is -2.28. The molecule has 28 atom stereocenters. The van der Waals surface area contributed by atoms with Gasteiger partial charge in [0.15, 0.2) is 0 Å². The maximum Gasteiger partial charge on any atom is 0.256 e. The summed E-state index contributed by atoms with van der Waals surface area (Å²) in [4.78, 5) is 46.9. The van der Waals surface area contributed by atoms with Crippen molar-refractivity contribution in [2.75, 3.05) is 71.5 Å². The van der Waals surface area contributed by atoms with Gasteiger partial charge in [0, 0.05) is 30.7 Å². The Balaban J connectivity index is 0.761. The Morgan fingerprint density at radius 3 is 1.10 bits per heavy atom. The Bertz CT molecular complexity index is 2430. The quantitative estimate of drug-likeness (QED) is 0.0335. The van der Waals surface area contributed by atoms with Crippen molar-refractivity contribution in [3.8, 4) is 0 Å². The molecule has 27 nitrogen and oxygen atoms in total. The molecule has 0 spiro atoms. The molecule has 0 aromatic heterocycles. The van der Waals surface area contributed by atoms with Crippen LogP contribution in [0.4, 0.5) is 5.69 Å². The van der Waals surface area contributed by atoms with E-state index in [1.807, 2.05) is 0 Å². The van der Waals surface area contributed by atoms with Crippen LogP contribution in [0.3, 0.4) is 0 Å². The van der Waals surface area contributed by atoms with Gasteiger partial charge in [0.2, 0.25) is 5.91 Å². The van der Waals surface area contributed by atoms with Gasteiger partial charge in [0.25, 0.3) is 11.8 Å². The summed E-state index contributed by atoms with van der Waals surface area (Å²) >= 11 is 10.7. The highest BCUT2D eigenvalue weighted by molar-refractivity contribution is 9.11. The molecule has 13 rings (SSSR count). The zero-order valence-corrected chi connectivity index (χ0v) is 45.5. The summed E-state index contributed by atoms with van der Waals surface area (Å²) in [5.41, 5.74) is -0.301. The van der Waals surface area contributed by atoms with Gasteiger partial charge in [0.05, 0.1) is 58.7 Å². The second kappa shape index (κ2) is 20.8. The molecule has 0 bridgehead atoms. The zero-order valence-electron chi connectivity index (χ0n) is 40.8. The number of ether oxygens (including phenoxy) is 12. The lowest BCUT2D eigenvalue weighted by Gasteiger charge is -2.31. The number of anilines is 1. The Kier molecular flexibility index (Phi) is 14.7. The van der Waals surface area contributed by atoms with E-state index in [1.54, 1.807) is 7.05 Å². The summed E-state index contributed by atoms with van der Waals surface area (Å²) in [6, 6.07) is 0. The van der Waals surface area contributed by atoms with E-state index in [4.69, 9.17) is 56.8 Å². The van der Waals surface area contributed by atoms with Crippen LogP contribution in [0, 0.1) is 0 Å². The number of nitrogens with one attached hydrogen (secondary N) is 2. The number of carbonyl (C=O) groups excluding carboxylic acids is 3. The molecule has 12 saturated heterocycles. The van der Waals surface area contributed by atoms with Crippen LogP contribution in [0.25, 0.3) is 0 Å². The van der Waals surface area contributed by atoms with E-state index in [2.05, 4.69) is 58.4 Å². The van der Waals surface area contributed by atoms with Crippen LogP contribution in [0.5, 0.6) is 0 Å². The number of carbonyl (C=O) groups is 3. The molecule has 77 heavy (non-hydrogen) atoms. The molecule has 12 aliphatic heterocycles. The number of amides is 3. The van der Waals surface area contributed by atoms with Crippen LogP contribution in [-0.4, -0.2) is 305 Å². The highest BCUT2D eigenvalue weighted by atomic mass is 79.9. The first kappa shape index (κ1) is 54.5. The van der Waals surface area contributed by atoms with Gasteiger partial charge in [-0.2, -0.15) is 0 Å². The standard InChI is InChI=1S/C47H59Br3N4O23/c1-51-2-19(61)52-25-23(49)20(46(64)53(3-11(59)26(62)27(63)12(60)7-55)4-13-28(66-13)34-40(72-34)43-37(75-43)31-16(8-56)69-31)22(48)21(24(25)50)47(65)54(5-14-29(67-14)35-41(73-35)44-38(76-44)32-17(9-57)70-32)6-15-30(68-15)36-42(74-36)45-39(77-45)33-18(10-58)71-33/h11-18,26-45,51,55-60,62-63H,2-10H2,1H3,(H,52,61). The lowest BCUT2D eigenvalue weighted by atomic mass is 10.0. The molecular formula is C47H59Br3N4O23. The van der Waals surface area contributed by atoms with Crippen LogP contribution < -0.4 is 10.6 Å². The molecule has 28 unspecified atom stereocenters. The summed E-state index contributed by atoms with van der Waals surface area (Å²) in [5.74, 6) is -2.00. The van der Waals surface area contributed by atoms with Crippen molar-refractivity contribution in [1.29, 1.82) is 0 Å². The monoisotopic (exact) mass is 1280 g/mol. The van der Waals surface area contributed by atoms with Crippen molar-refractivity contribution in [2.45, 2.75) is 171 Å². The van der Waals surface area contributed by atoms with Gasteiger partial charge in [-0.25, -0.2) is 0 Å². The van der Waals surface area contributed by atoms with Crippen molar-refractivity contribution in [1.82, 2.24) is 15.1 Å². The number of hydrogen-bond donors (Lipinski definition) is 10. The molecule has 1 aromatic carbocycles. The number of likely N-dealkylation sites (N-methyl/N-ethyl adjacent to an activating group) is 1. The van der Waals surface area contributed by atoms with E-state index in [-0.39, 0.29) is 180 Å². The zero-order chi connectivity index (χ0) is 53.8. The summed E-state index contributed by atoms with van der Waals surface area (Å²) in [5, 5.41) is 86.6. The Hall–Kier alpha value is -1.77. The summed E-state index contributed by atoms with van der Waals surface area (Å²) in [6.07, 6.45) is -15.6. The molecule has 12 heterocycles. The lowest BCUT2D eigenvalue weighted by molar-refractivity contribution is -0.118. The van der Waals surface area contributed by atoms with Gasteiger partial charge in [-0.05, 0) is 54.8 Å². The molecule has 3 amide bonds. The van der Waals surface area contributed by atoms with Crippen molar-refractivity contribution in [3.05, 3.63) is 24.5 Å². The predicted octanol–water partition coefficient (Wildman–Crippen LogP) is -5.36. The van der Waals surface area contributed by atoms with E-state index in [9.17, 15) is 45.6 Å². The Morgan fingerprint density at radius 2 is 0.766 bits per heavy atom. The smallest absolute Gasteiger partial charge is 0.256 e. The van der Waals surface area contributed by atoms with E-state index in [1.165, 1.54) is 4.90 Å². The normalized spacial score (nSPS) is 45.0. The Labute approximate surface area is 463 Å². The van der Waals surface area contributed by atoms with Crippen LogP contribution in [-0.2, 0) is 61.6 Å². The topological polar surface area (TPSA) is 394 Å². The highest BCUT2D eigenvalue weighted by Gasteiger charge is 2.72. The highest BCUT2D eigenvalue weighted by Crippen LogP contribution is 2.54. The molecule has 12 fully saturated rings. The fourth-order valence-electron chi connectivity index (χ4n) is 11.4. The average molecular weight is 1290 g/mol. The summed E-state index contributed by atoms with van der Waals surface area (Å²) < 4.78 is 70.4. The van der Waals surface area contributed by atoms with Crippen molar-refractivity contribution < 1.29 is 112 Å². The maximum atomic E-state index is 15.5. The van der Waals surface area contributed by atoms with Crippen LogP contribution in [0.15, 0.2) is 13.4 Å². The largest absolute Gasteiger partial charge is 0.394 e. The minimum Gasteiger partial charge on any atom is -0.394 e. The van der Waals surface area contributed by atoms with Crippen molar-refractivity contribution in [3.63, 3.8) is 0 Å². The number of nitrogens with zero attached hydrogens (tertiary/aromatic N) is 2. The number of rotatable bonds is 29. The predicted molar refractivity (Wildman–Crippen MR) is 260 cm³/mol. The average Bonchev–Trinajstić information content (AvgIpc) is 4.35. The van der Waals surface area contributed by atoms with Gasteiger partial charge >= 0.3 is 0 Å². The van der Waals surface area contributed by atoms with E-state index in [0.29, 0.717) is 0 Å². The molecule has 12 aliphatic rings. The fourth-order valence-corrected chi connectivity index (χ4v) is 14.2. The number of benzene rings is 1. The van der Waals surface area contributed by atoms with Crippen LogP contribution >= 0.6 is 47.8 Å². The van der Waals surface area contributed by atoms with Gasteiger partial charge < -0.3 is 118 Å². The lowest BCUT2D eigenvalue weighted by Crippen LogP contribution is -2.51. The van der Waals surface area contributed by atoms with E-state index >= 15 is 9.59 Å². The van der Waals surface area contributed by atoms with Gasteiger partial charge in [0.1, 0.15) is 171 Å². The first-order valence-corrected chi connectivity index (χ1v) is 28.2. The molecule has 0 aliphatic carbocycles. The van der Waals surface area contributed by atoms with Crippen LogP contribution in [0.1, 0.15) is 20.7 Å². The van der Waals surface area contributed by atoms with Gasteiger partial charge in [-0.1, -0.05) is 0 Å². The number of halogens is 3. The number of aliphatic hydroxyl groups excluding tert-OH is 8. The molecular weight excluding hydrogens is 1230 g/mol. The van der Waals surface area contributed by atoms with Crippen molar-refractivity contribution in [2.24, 2.45) is 0 Å². The number of hydrogen-bond acceptors (Lipinski definition) is 24. The third-order valence-corrected chi connectivity index (χ3v) is 18.8. The molecule has 0 saturated carbocycles. The van der Waals surface area contributed by atoms with Crippen LogP contribution in [0.2, 0.25) is 0 Å². The molecule has 30 heteroatoms. The minimum absolute atomic E-state index is 0.00682. The third kappa shape index (κ3) is 10.8. The third-order valence-electron chi connectivity index (χ3n) is 16.4. The molecule has 426 valence electrons. The van der Waals surface area contributed by atoms with Crippen molar-refractivity contribution >= 4 is 71.2 Å². The maximum absolute atomic E-state index is 15.5. The van der Waals surface area contributed by atoms with E-state index < -0.39 is 98.0 Å². The SMILES string of the molecule is CNCC(=O)Nc1c(Br)c(C(=O)N(CC(O)C(O)C(O)C(O)CO)CC2OC2C2OC2C2OC2C2OC2CO)c(Br)c(C(=O)N(CC2OC2C2OC2C2OC2C2OC2CO)CC2OC2C2OC2C2OC2C2OC2CO)c1Br. The molecule has 10 N–H and O–H groups in total. The fraction of sp³-hybridized carbons (Fsp3) is 0.809. The molecule has 1 aromatic rings. The van der Waals surface area contributed by atoms with E-state index in [0.717, 1.165) is 4.90 Å². The number of epoxide rings is 12. The first-order valence-electron chi connectivity index (χ1n) is 25.8. The van der Waals surface area contributed by atoms with Gasteiger partial charge in [-0.3, -0.25) is 14.4 Å². The summed E-state index contributed by atoms with van der Waals surface area (Å²) in [7, 11) is 1.56. The molecule has 0 radical (unpaired) electrons. The first-order chi connectivity index (χ1) is 37.1. The Morgan fingerprint density at radius 1 is 0.455 bits per heavy atom. The second-order valence-corrected chi connectivity index (χ2v) is 24.0. The number of aliphatic hydroxyl groups is 8. The second-order valence-electron chi connectivity index (χ2n) is 21.6. The van der Waals surface area contributed by atoms with Gasteiger partial charge in [-0.15, -0.1) is 0 Å². The minimum atomic E-state index is -2.06.